The van der Waals surface area contributed by atoms with Crippen molar-refractivity contribution in [2.45, 2.75) is 32.7 Å². The first-order chi connectivity index (χ1) is 12.4. The summed E-state index contributed by atoms with van der Waals surface area (Å²) >= 11 is 0. The van der Waals surface area contributed by atoms with Crippen LogP contribution in [0.2, 0.25) is 0 Å². The van der Waals surface area contributed by atoms with Crippen molar-refractivity contribution in [2.24, 2.45) is 0 Å². The molecule has 0 aliphatic carbocycles. The van der Waals surface area contributed by atoms with Crippen LogP contribution in [0.1, 0.15) is 32.1 Å². The summed E-state index contributed by atoms with van der Waals surface area (Å²) in [7, 11) is 0. The number of anilines is 1. The summed E-state index contributed by atoms with van der Waals surface area (Å²) in [6.45, 7) is 11.2. The van der Waals surface area contributed by atoms with Gasteiger partial charge in [0.1, 0.15) is 5.76 Å². The van der Waals surface area contributed by atoms with E-state index in [2.05, 4.69) is 44.5 Å². The van der Waals surface area contributed by atoms with Crippen molar-refractivity contribution in [3.8, 4) is 0 Å². The highest BCUT2D eigenvalue weighted by molar-refractivity contribution is 5.91. The van der Waals surface area contributed by atoms with Crippen molar-refractivity contribution in [1.82, 2.24) is 15.0 Å². The Kier molecular flexibility index (Phi) is 5.74. The first kappa shape index (κ1) is 18.6. The fourth-order valence-electron chi connectivity index (χ4n) is 3.02. The Morgan fingerprint density at radius 3 is 2.38 bits per heavy atom. The Hall–Kier alpha value is -2.18. The van der Waals surface area contributed by atoms with E-state index in [1.54, 1.807) is 6.07 Å². The van der Waals surface area contributed by atoms with Gasteiger partial charge >= 0.3 is 0 Å². The zero-order chi connectivity index (χ0) is 18.6. The van der Waals surface area contributed by atoms with Gasteiger partial charge in [0.05, 0.1) is 6.54 Å². The first-order valence-electron chi connectivity index (χ1n) is 9.16. The van der Waals surface area contributed by atoms with Gasteiger partial charge in [0, 0.05) is 44.2 Å². The van der Waals surface area contributed by atoms with Crippen LogP contribution in [0.4, 0.5) is 5.82 Å². The number of amides is 1. The number of benzene rings is 1. The maximum atomic E-state index is 12.3. The number of carbonyl (C=O) groups is 1. The molecule has 0 bridgehead atoms. The van der Waals surface area contributed by atoms with E-state index >= 15 is 0 Å². The van der Waals surface area contributed by atoms with Gasteiger partial charge < -0.3 is 9.84 Å². The zero-order valence-electron chi connectivity index (χ0n) is 15.9. The van der Waals surface area contributed by atoms with Crippen LogP contribution < -0.4 is 5.32 Å². The normalized spacial score (nSPS) is 16.6. The van der Waals surface area contributed by atoms with Crippen LogP contribution in [0, 0.1) is 0 Å². The quantitative estimate of drug-likeness (QED) is 0.893. The minimum absolute atomic E-state index is 0.0460. The van der Waals surface area contributed by atoms with Crippen LogP contribution in [-0.4, -0.2) is 53.6 Å². The zero-order valence-corrected chi connectivity index (χ0v) is 15.9. The van der Waals surface area contributed by atoms with Crippen LogP contribution in [-0.2, 0) is 16.8 Å². The highest BCUT2D eigenvalue weighted by atomic mass is 16.5. The molecule has 6 nitrogen and oxygen atoms in total. The summed E-state index contributed by atoms with van der Waals surface area (Å²) in [4.78, 5) is 16.9. The van der Waals surface area contributed by atoms with Crippen molar-refractivity contribution in [3.05, 3.63) is 47.7 Å². The molecule has 1 N–H and O–H groups in total. The lowest BCUT2D eigenvalue weighted by Crippen LogP contribution is -2.48. The van der Waals surface area contributed by atoms with Crippen molar-refractivity contribution in [1.29, 1.82) is 0 Å². The molecule has 0 radical (unpaired) electrons. The molecule has 2 aromatic rings. The van der Waals surface area contributed by atoms with E-state index in [1.165, 1.54) is 5.56 Å². The summed E-state index contributed by atoms with van der Waals surface area (Å²) in [6, 6.07) is 12.3. The van der Waals surface area contributed by atoms with Crippen LogP contribution in [0.15, 0.2) is 40.9 Å². The minimum Gasteiger partial charge on any atom is -0.359 e. The Bertz CT molecular complexity index is 713. The van der Waals surface area contributed by atoms with E-state index in [4.69, 9.17) is 4.52 Å². The maximum Gasteiger partial charge on any atom is 0.239 e. The molecule has 0 spiro atoms. The van der Waals surface area contributed by atoms with Gasteiger partial charge in [-0.2, -0.15) is 0 Å². The standard InChI is InChI=1S/C20H28N4O2/c1-20(2,3)17-13-18(22-26-17)21-19(25)15-24-11-9-23(10-12-24)14-16-7-5-4-6-8-16/h4-8,13H,9-12,14-15H2,1-3H3,(H,21,22,25). The lowest BCUT2D eigenvalue weighted by molar-refractivity contribution is -0.117. The number of hydrogen-bond donors (Lipinski definition) is 1. The molecule has 1 fully saturated rings. The van der Waals surface area contributed by atoms with Gasteiger partial charge in [0.25, 0.3) is 0 Å². The van der Waals surface area contributed by atoms with E-state index in [0.717, 1.165) is 38.5 Å². The van der Waals surface area contributed by atoms with E-state index in [1.807, 2.05) is 26.8 Å². The molecule has 2 heterocycles. The van der Waals surface area contributed by atoms with Crippen LogP contribution in [0.3, 0.4) is 0 Å². The summed E-state index contributed by atoms with van der Waals surface area (Å²) in [6.07, 6.45) is 0. The molecule has 140 valence electrons. The number of carbonyl (C=O) groups excluding carboxylic acids is 1. The van der Waals surface area contributed by atoms with Gasteiger partial charge in [-0.05, 0) is 5.56 Å². The summed E-state index contributed by atoms with van der Waals surface area (Å²) in [5.41, 5.74) is 1.21. The topological polar surface area (TPSA) is 61.6 Å². The lowest BCUT2D eigenvalue weighted by Gasteiger charge is -2.34. The Morgan fingerprint density at radius 1 is 1.12 bits per heavy atom. The van der Waals surface area contributed by atoms with Gasteiger partial charge in [-0.3, -0.25) is 14.6 Å². The Labute approximate surface area is 155 Å². The van der Waals surface area contributed by atoms with Crippen LogP contribution >= 0.6 is 0 Å². The SMILES string of the molecule is CC(C)(C)c1cc(NC(=O)CN2CCN(Cc3ccccc3)CC2)no1. The van der Waals surface area contributed by atoms with Gasteiger partial charge in [-0.1, -0.05) is 56.3 Å². The number of nitrogens with zero attached hydrogens (tertiary/aromatic N) is 3. The largest absolute Gasteiger partial charge is 0.359 e. The predicted molar refractivity (Wildman–Crippen MR) is 102 cm³/mol. The molecule has 6 heteroatoms. The second-order valence-corrected chi connectivity index (χ2v) is 7.91. The van der Waals surface area contributed by atoms with Crippen molar-refractivity contribution in [2.75, 3.05) is 38.0 Å². The Morgan fingerprint density at radius 2 is 1.77 bits per heavy atom. The Balaban J connectivity index is 1.42. The van der Waals surface area contributed by atoms with E-state index in [-0.39, 0.29) is 11.3 Å². The number of rotatable bonds is 5. The molecule has 1 amide bonds. The third kappa shape index (κ3) is 5.16. The monoisotopic (exact) mass is 356 g/mol. The molecule has 0 atom stereocenters. The van der Waals surface area contributed by atoms with E-state index in [9.17, 15) is 4.79 Å². The lowest BCUT2D eigenvalue weighted by atomic mass is 9.93. The van der Waals surface area contributed by atoms with Crippen LogP contribution in [0.25, 0.3) is 0 Å². The number of aromatic nitrogens is 1. The maximum absolute atomic E-state index is 12.3. The number of piperazine rings is 1. The van der Waals surface area contributed by atoms with Crippen molar-refractivity contribution < 1.29 is 9.32 Å². The summed E-state index contributed by atoms with van der Waals surface area (Å²) < 4.78 is 5.31. The number of nitrogens with one attached hydrogen (secondary N) is 1. The van der Waals surface area contributed by atoms with E-state index < -0.39 is 0 Å². The molecule has 1 aromatic carbocycles. The van der Waals surface area contributed by atoms with Gasteiger partial charge in [-0.15, -0.1) is 0 Å². The second-order valence-electron chi connectivity index (χ2n) is 7.91. The third-order valence-electron chi connectivity index (χ3n) is 4.60. The molecule has 0 saturated carbocycles. The van der Waals surface area contributed by atoms with Crippen molar-refractivity contribution in [3.63, 3.8) is 0 Å². The number of hydrogen-bond acceptors (Lipinski definition) is 5. The molecule has 1 aliphatic heterocycles. The highest BCUT2D eigenvalue weighted by Crippen LogP contribution is 2.24. The van der Waals surface area contributed by atoms with Gasteiger partial charge in [-0.25, -0.2) is 0 Å². The first-order valence-corrected chi connectivity index (χ1v) is 9.16. The van der Waals surface area contributed by atoms with Gasteiger partial charge in [0.15, 0.2) is 5.82 Å². The average molecular weight is 356 g/mol. The molecule has 0 unspecified atom stereocenters. The summed E-state index contributed by atoms with van der Waals surface area (Å²) in [5, 5.41) is 6.77. The minimum atomic E-state index is -0.120. The average Bonchev–Trinajstić information content (AvgIpc) is 3.06. The van der Waals surface area contributed by atoms with Crippen LogP contribution in [0.5, 0.6) is 0 Å². The van der Waals surface area contributed by atoms with E-state index in [0.29, 0.717) is 12.4 Å². The highest BCUT2D eigenvalue weighted by Gasteiger charge is 2.22. The smallest absolute Gasteiger partial charge is 0.239 e. The molecule has 26 heavy (non-hydrogen) atoms. The third-order valence-corrected chi connectivity index (χ3v) is 4.60. The van der Waals surface area contributed by atoms with Crippen molar-refractivity contribution >= 4 is 11.7 Å². The van der Waals surface area contributed by atoms with Gasteiger partial charge in [0.2, 0.25) is 5.91 Å². The molecule has 1 saturated heterocycles. The molecule has 3 rings (SSSR count). The molecular weight excluding hydrogens is 328 g/mol. The fraction of sp³-hybridized carbons (Fsp3) is 0.500. The molecule has 1 aromatic heterocycles. The second kappa shape index (κ2) is 8.01. The molecule has 1 aliphatic rings. The molecular formula is C20H28N4O2. The summed E-state index contributed by atoms with van der Waals surface area (Å²) in [5.74, 6) is 1.21. The fourth-order valence-corrected chi connectivity index (χ4v) is 3.02. The predicted octanol–water partition coefficient (Wildman–Crippen LogP) is 2.73.